The maximum atomic E-state index is 9.69. The summed E-state index contributed by atoms with van der Waals surface area (Å²) >= 11 is 1.64. The van der Waals surface area contributed by atoms with Crippen LogP contribution in [0.2, 0.25) is 0 Å². The van der Waals surface area contributed by atoms with Crippen molar-refractivity contribution in [3.63, 3.8) is 0 Å². The fourth-order valence-corrected chi connectivity index (χ4v) is 4.23. The quantitative estimate of drug-likeness (QED) is 0.635. The second-order valence-electron chi connectivity index (χ2n) is 7.17. The summed E-state index contributed by atoms with van der Waals surface area (Å²) in [6, 6.07) is 8.17. The molecule has 3 aromatic heterocycles. The first-order valence-electron chi connectivity index (χ1n) is 9.54. The van der Waals surface area contributed by atoms with E-state index in [-0.39, 0.29) is 0 Å². The number of nitriles is 1. The van der Waals surface area contributed by atoms with Gasteiger partial charge in [0.15, 0.2) is 11.4 Å². The summed E-state index contributed by atoms with van der Waals surface area (Å²) < 4.78 is 5.95. The number of aryl methyl sites for hydroxylation is 3. The molecule has 8 heteroatoms. The maximum Gasteiger partial charge on any atom is 0.237 e. The lowest BCUT2D eigenvalue weighted by Crippen LogP contribution is -2.10. The Bertz CT molecular complexity index is 1060. The van der Waals surface area contributed by atoms with Gasteiger partial charge in [-0.2, -0.15) is 10.2 Å². The Morgan fingerprint density at radius 2 is 2.10 bits per heavy atom. The molecule has 0 saturated heterocycles. The molecule has 4 rings (SSSR count). The molecule has 29 heavy (non-hydrogen) atoms. The molecule has 148 valence electrons. The number of ether oxygens (including phenoxy) is 1. The van der Waals surface area contributed by atoms with Crippen LogP contribution >= 0.6 is 11.3 Å². The van der Waals surface area contributed by atoms with Crippen molar-refractivity contribution in [2.24, 2.45) is 5.92 Å². The zero-order chi connectivity index (χ0) is 20.4. The molecule has 7 nitrogen and oxygen atoms in total. The Kier molecular flexibility index (Phi) is 5.41. The van der Waals surface area contributed by atoms with Crippen molar-refractivity contribution in [1.29, 1.82) is 5.26 Å². The van der Waals surface area contributed by atoms with Gasteiger partial charge in [-0.05, 0) is 39.3 Å². The van der Waals surface area contributed by atoms with Crippen LogP contribution in [0.25, 0.3) is 0 Å². The van der Waals surface area contributed by atoms with Crippen molar-refractivity contribution in [2.75, 3.05) is 11.9 Å². The van der Waals surface area contributed by atoms with E-state index < -0.39 is 0 Å². The zero-order valence-corrected chi connectivity index (χ0v) is 17.5. The summed E-state index contributed by atoms with van der Waals surface area (Å²) in [5.74, 6) is 2.21. The maximum absolute atomic E-state index is 9.69. The van der Waals surface area contributed by atoms with E-state index in [1.54, 1.807) is 18.3 Å². The summed E-state index contributed by atoms with van der Waals surface area (Å²) in [6.45, 7) is 6.85. The summed E-state index contributed by atoms with van der Waals surface area (Å²) in [5, 5.41) is 14.0. The van der Waals surface area contributed by atoms with Crippen LogP contribution in [0.4, 0.5) is 5.82 Å². The first-order chi connectivity index (χ1) is 14.0. The zero-order valence-electron chi connectivity index (χ0n) is 16.6. The van der Waals surface area contributed by atoms with Gasteiger partial charge < -0.3 is 10.1 Å². The molecule has 3 aromatic rings. The molecular weight excluding hydrogens is 384 g/mol. The van der Waals surface area contributed by atoms with E-state index >= 15 is 0 Å². The molecule has 0 radical (unpaired) electrons. The van der Waals surface area contributed by atoms with Crippen LogP contribution in [-0.2, 0) is 6.54 Å². The predicted molar refractivity (Wildman–Crippen MR) is 111 cm³/mol. The summed E-state index contributed by atoms with van der Waals surface area (Å²) in [4.78, 5) is 18.8. The van der Waals surface area contributed by atoms with Crippen molar-refractivity contribution in [3.05, 3.63) is 57.1 Å². The van der Waals surface area contributed by atoms with Crippen LogP contribution in [0.5, 0.6) is 5.88 Å². The van der Waals surface area contributed by atoms with E-state index in [0.29, 0.717) is 48.1 Å². The van der Waals surface area contributed by atoms with E-state index in [1.807, 2.05) is 38.2 Å². The highest BCUT2D eigenvalue weighted by atomic mass is 32.1. The van der Waals surface area contributed by atoms with Gasteiger partial charge in [-0.25, -0.2) is 9.97 Å². The number of nitrogens with zero attached hydrogens (tertiary/aromatic N) is 5. The first-order valence-corrected chi connectivity index (χ1v) is 10.4. The molecule has 1 fully saturated rings. The lowest BCUT2D eigenvalue weighted by Gasteiger charge is -2.12. The third-order valence-electron chi connectivity index (χ3n) is 4.94. The minimum Gasteiger partial charge on any atom is -0.476 e. The Labute approximate surface area is 173 Å². The fourth-order valence-electron chi connectivity index (χ4n) is 3.36. The monoisotopic (exact) mass is 406 g/mol. The van der Waals surface area contributed by atoms with E-state index in [2.05, 4.69) is 31.3 Å². The van der Waals surface area contributed by atoms with Gasteiger partial charge >= 0.3 is 0 Å². The molecule has 1 N–H and O–H groups in total. The Hall–Kier alpha value is -3.05. The second-order valence-corrected chi connectivity index (χ2v) is 8.46. The predicted octanol–water partition coefficient (Wildman–Crippen LogP) is 3.92. The molecule has 0 aromatic carbocycles. The van der Waals surface area contributed by atoms with Gasteiger partial charge in [0, 0.05) is 28.6 Å². The number of anilines is 1. The average molecular weight is 407 g/mol. The molecule has 1 aliphatic carbocycles. The topological polar surface area (TPSA) is 96.6 Å². The Morgan fingerprint density at radius 1 is 1.24 bits per heavy atom. The van der Waals surface area contributed by atoms with E-state index in [4.69, 9.17) is 4.74 Å². The SMILES string of the molecule is Cc1nc(NCc2sc(C)nc2C)c(C#N)c(OCC2CC2c2ccccn2)n1. The van der Waals surface area contributed by atoms with Crippen LogP contribution in [0.3, 0.4) is 0 Å². The minimum absolute atomic E-state index is 0.338. The van der Waals surface area contributed by atoms with Gasteiger partial charge in [-0.3, -0.25) is 4.98 Å². The summed E-state index contributed by atoms with van der Waals surface area (Å²) in [7, 11) is 0. The van der Waals surface area contributed by atoms with Crippen molar-refractivity contribution in [1.82, 2.24) is 19.9 Å². The molecular formula is C21H22N6OS. The molecule has 2 unspecified atom stereocenters. The van der Waals surface area contributed by atoms with E-state index in [0.717, 1.165) is 27.7 Å². The summed E-state index contributed by atoms with van der Waals surface area (Å²) in [6.07, 6.45) is 2.86. The van der Waals surface area contributed by atoms with Crippen LogP contribution in [-0.4, -0.2) is 26.5 Å². The third kappa shape index (κ3) is 4.35. The van der Waals surface area contributed by atoms with Gasteiger partial charge in [-0.15, -0.1) is 11.3 Å². The van der Waals surface area contributed by atoms with Crippen molar-refractivity contribution in [2.45, 2.75) is 39.7 Å². The lowest BCUT2D eigenvalue weighted by molar-refractivity contribution is 0.283. The molecule has 0 aliphatic heterocycles. The van der Waals surface area contributed by atoms with Gasteiger partial charge in [0.2, 0.25) is 5.88 Å². The molecule has 2 atom stereocenters. The van der Waals surface area contributed by atoms with Gasteiger partial charge in [0.05, 0.1) is 23.9 Å². The third-order valence-corrected chi connectivity index (χ3v) is 6.01. The standard InChI is InChI=1S/C21H22N6OS/c1-12-19(29-14(3)25-12)10-24-20-17(9-22)21(27-13(2)26-20)28-11-15-8-16(15)18-6-4-5-7-23-18/h4-7,15-16H,8,10-11H2,1-3H3,(H,24,26,27). The van der Waals surface area contributed by atoms with Crippen LogP contribution in [0, 0.1) is 38.0 Å². The number of thiazole rings is 1. The van der Waals surface area contributed by atoms with Gasteiger partial charge in [0.25, 0.3) is 0 Å². The number of pyridine rings is 1. The fraction of sp³-hybridized carbons (Fsp3) is 0.381. The smallest absolute Gasteiger partial charge is 0.237 e. The van der Waals surface area contributed by atoms with Gasteiger partial charge in [0.1, 0.15) is 11.9 Å². The number of aromatic nitrogens is 4. The largest absolute Gasteiger partial charge is 0.476 e. The number of nitrogens with one attached hydrogen (secondary N) is 1. The number of hydrogen-bond donors (Lipinski definition) is 1. The highest BCUT2D eigenvalue weighted by Crippen LogP contribution is 2.46. The van der Waals surface area contributed by atoms with Crippen molar-refractivity contribution in [3.8, 4) is 11.9 Å². The highest BCUT2D eigenvalue weighted by Gasteiger charge is 2.40. The molecule has 1 saturated carbocycles. The average Bonchev–Trinajstić information content (AvgIpc) is 3.42. The normalized spacial score (nSPS) is 17.6. The molecule has 0 amide bonds. The molecule has 1 aliphatic rings. The number of hydrogen-bond acceptors (Lipinski definition) is 8. The molecule has 0 bridgehead atoms. The highest BCUT2D eigenvalue weighted by molar-refractivity contribution is 7.11. The van der Waals surface area contributed by atoms with Gasteiger partial charge in [-0.1, -0.05) is 6.07 Å². The lowest BCUT2D eigenvalue weighted by atomic mass is 10.2. The second kappa shape index (κ2) is 8.13. The van der Waals surface area contributed by atoms with Crippen molar-refractivity contribution < 1.29 is 4.74 Å². The first kappa shape index (κ1) is 19.3. The summed E-state index contributed by atoms with van der Waals surface area (Å²) in [5.41, 5.74) is 2.43. The van der Waals surface area contributed by atoms with Crippen LogP contribution in [0.15, 0.2) is 24.4 Å². The van der Waals surface area contributed by atoms with Crippen LogP contribution < -0.4 is 10.1 Å². The Balaban J connectivity index is 1.45. The molecule has 3 heterocycles. The van der Waals surface area contributed by atoms with E-state index in [9.17, 15) is 5.26 Å². The Morgan fingerprint density at radius 3 is 2.79 bits per heavy atom. The molecule has 0 spiro atoms. The van der Waals surface area contributed by atoms with Crippen LogP contribution in [0.1, 0.15) is 45.0 Å². The minimum atomic E-state index is 0.338. The number of rotatable bonds is 7. The van der Waals surface area contributed by atoms with Crippen molar-refractivity contribution >= 4 is 17.2 Å². The van der Waals surface area contributed by atoms with E-state index in [1.165, 1.54) is 0 Å².